The SMILES string of the molecule is O[C@@H](CI)[C@@H](O)COCc1ccccc1. The van der Waals surface area contributed by atoms with Gasteiger partial charge in [-0.25, -0.2) is 0 Å². The lowest BCUT2D eigenvalue weighted by Crippen LogP contribution is -2.31. The van der Waals surface area contributed by atoms with Crippen molar-refractivity contribution in [2.75, 3.05) is 11.0 Å². The molecular weight excluding hydrogens is 307 g/mol. The molecule has 2 N–H and O–H groups in total. The number of benzene rings is 1. The minimum Gasteiger partial charge on any atom is -0.390 e. The largest absolute Gasteiger partial charge is 0.390 e. The Morgan fingerprint density at radius 1 is 1.13 bits per heavy atom. The molecule has 0 heterocycles. The maximum absolute atomic E-state index is 9.42. The highest BCUT2D eigenvalue weighted by Gasteiger charge is 2.14. The van der Waals surface area contributed by atoms with E-state index in [1.54, 1.807) is 0 Å². The summed E-state index contributed by atoms with van der Waals surface area (Å²) in [7, 11) is 0. The summed E-state index contributed by atoms with van der Waals surface area (Å²) < 4.78 is 5.80. The van der Waals surface area contributed by atoms with E-state index < -0.39 is 12.2 Å². The van der Waals surface area contributed by atoms with E-state index in [-0.39, 0.29) is 6.61 Å². The molecule has 3 nitrogen and oxygen atoms in total. The highest BCUT2D eigenvalue weighted by Crippen LogP contribution is 2.03. The van der Waals surface area contributed by atoms with Crippen LogP contribution in [0, 0.1) is 0 Å². The van der Waals surface area contributed by atoms with Crippen molar-refractivity contribution in [2.24, 2.45) is 0 Å². The molecule has 0 aliphatic heterocycles. The van der Waals surface area contributed by atoms with Gasteiger partial charge in [-0.2, -0.15) is 0 Å². The van der Waals surface area contributed by atoms with Crippen molar-refractivity contribution in [3.8, 4) is 0 Å². The van der Waals surface area contributed by atoms with Gasteiger partial charge in [0, 0.05) is 4.43 Å². The van der Waals surface area contributed by atoms with E-state index in [0.29, 0.717) is 11.0 Å². The summed E-state index contributed by atoms with van der Waals surface area (Å²) in [5.41, 5.74) is 1.06. The maximum Gasteiger partial charge on any atom is 0.104 e. The normalized spacial score (nSPS) is 14.9. The fraction of sp³-hybridized carbons (Fsp3) is 0.455. The van der Waals surface area contributed by atoms with Gasteiger partial charge in [-0.05, 0) is 5.56 Å². The fourth-order valence-electron chi connectivity index (χ4n) is 1.09. The summed E-state index contributed by atoms with van der Waals surface area (Å²) in [6.07, 6.45) is -1.51. The van der Waals surface area contributed by atoms with E-state index in [1.807, 2.05) is 52.9 Å². The molecule has 0 amide bonds. The van der Waals surface area contributed by atoms with Crippen LogP contribution in [0.5, 0.6) is 0 Å². The van der Waals surface area contributed by atoms with E-state index in [0.717, 1.165) is 5.56 Å². The van der Waals surface area contributed by atoms with E-state index in [1.165, 1.54) is 0 Å². The monoisotopic (exact) mass is 322 g/mol. The van der Waals surface area contributed by atoms with Crippen molar-refractivity contribution in [1.82, 2.24) is 0 Å². The number of ether oxygens (including phenoxy) is 1. The molecule has 15 heavy (non-hydrogen) atoms. The van der Waals surface area contributed by atoms with Crippen LogP contribution >= 0.6 is 22.6 Å². The minimum absolute atomic E-state index is 0.166. The third-order valence-corrected chi connectivity index (χ3v) is 2.90. The molecule has 1 aromatic rings. The molecule has 0 aliphatic rings. The van der Waals surface area contributed by atoms with Crippen LogP contribution < -0.4 is 0 Å². The molecule has 0 saturated heterocycles. The van der Waals surface area contributed by atoms with Gasteiger partial charge in [0.05, 0.1) is 19.3 Å². The van der Waals surface area contributed by atoms with Crippen molar-refractivity contribution in [1.29, 1.82) is 0 Å². The zero-order valence-electron chi connectivity index (χ0n) is 8.34. The van der Waals surface area contributed by atoms with Gasteiger partial charge in [0.15, 0.2) is 0 Å². The van der Waals surface area contributed by atoms with E-state index >= 15 is 0 Å². The molecule has 1 rings (SSSR count). The quantitative estimate of drug-likeness (QED) is 0.614. The van der Waals surface area contributed by atoms with Gasteiger partial charge in [0.1, 0.15) is 6.10 Å². The lowest BCUT2D eigenvalue weighted by molar-refractivity contribution is -0.0321. The number of hydrogen-bond donors (Lipinski definition) is 2. The van der Waals surface area contributed by atoms with Crippen LogP contribution in [0.25, 0.3) is 0 Å². The van der Waals surface area contributed by atoms with E-state index in [2.05, 4.69) is 0 Å². The van der Waals surface area contributed by atoms with Crippen LogP contribution in [-0.4, -0.2) is 33.5 Å². The van der Waals surface area contributed by atoms with Gasteiger partial charge in [0.2, 0.25) is 0 Å². The predicted octanol–water partition coefficient (Wildman–Crippen LogP) is 1.36. The summed E-state index contributed by atoms with van der Waals surface area (Å²) in [4.78, 5) is 0. The average Bonchev–Trinajstić information content (AvgIpc) is 2.29. The molecule has 0 unspecified atom stereocenters. The molecule has 0 fully saturated rings. The van der Waals surface area contributed by atoms with Gasteiger partial charge in [0.25, 0.3) is 0 Å². The van der Waals surface area contributed by atoms with Gasteiger partial charge < -0.3 is 14.9 Å². The summed E-state index contributed by atoms with van der Waals surface area (Å²) in [5.74, 6) is 0. The van der Waals surface area contributed by atoms with Crippen LogP contribution in [0.4, 0.5) is 0 Å². The molecule has 4 heteroatoms. The first kappa shape index (κ1) is 12.9. The number of aliphatic hydroxyl groups excluding tert-OH is 2. The second-order valence-corrected chi connectivity index (χ2v) is 4.17. The van der Waals surface area contributed by atoms with Crippen LogP contribution in [0.1, 0.15) is 5.56 Å². The molecular formula is C11H15IO3. The summed E-state index contributed by atoms with van der Waals surface area (Å²) in [5, 5.41) is 18.7. The number of aliphatic hydroxyl groups is 2. The maximum atomic E-state index is 9.42. The third kappa shape index (κ3) is 4.92. The Labute approximate surface area is 103 Å². The summed E-state index contributed by atoms with van der Waals surface area (Å²) >= 11 is 2.03. The zero-order chi connectivity index (χ0) is 11.1. The lowest BCUT2D eigenvalue weighted by Gasteiger charge is -2.15. The number of halogens is 1. The molecule has 2 atom stereocenters. The van der Waals surface area contributed by atoms with Crippen molar-refractivity contribution >= 4 is 22.6 Å². The minimum atomic E-state index is -0.800. The van der Waals surface area contributed by atoms with Gasteiger partial charge in [-0.15, -0.1) is 0 Å². The highest BCUT2D eigenvalue weighted by molar-refractivity contribution is 14.1. The average molecular weight is 322 g/mol. The molecule has 0 spiro atoms. The Balaban J connectivity index is 2.22. The van der Waals surface area contributed by atoms with Crippen molar-refractivity contribution < 1.29 is 14.9 Å². The van der Waals surface area contributed by atoms with Crippen molar-refractivity contribution in [3.63, 3.8) is 0 Å². The fourth-order valence-corrected chi connectivity index (χ4v) is 1.67. The molecule has 1 aromatic carbocycles. The van der Waals surface area contributed by atoms with Crippen LogP contribution in [0.15, 0.2) is 30.3 Å². The third-order valence-electron chi connectivity index (χ3n) is 2.00. The van der Waals surface area contributed by atoms with Gasteiger partial charge in [-0.1, -0.05) is 52.9 Å². The first-order chi connectivity index (χ1) is 7.24. The van der Waals surface area contributed by atoms with Gasteiger partial charge in [-0.3, -0.25) is 0 Å². The van der Waals surface area contributed by atoms with E-state index in [9.17, 15) is 10.2 Å². The number of alkyl halides is 1. The van der Waals surface area contributed by atoms with Crippen molar-refractivity contribution in [2.45, 2.75) is 18.8 Å². The van der Waals surface area contributed by atoms with E-state index in [4.69, 9.17) is 4.74 Å². The van der Waals surface area contributed by atoms with Crippen LogP contribution in [0.3, 0.4) is 0 Å². The Hall–Kier alpha value is -0.170. The van der Waals surface area contributed by atoms with Crippen LogP contribution in [0.2, 0.25) is 0 Å². The zero-order valence-corrected chi connectivity index (χ0v) is 10.5. The van der Waals surface area contributed by atoms with Gasteiger partial charge >= 0.3 is 0 Å². The molecule has 0 bridgehead atoms. The van der Waals surface area contributed by atoms with Crippen molar-refractivity contribution in [3.05, 3.63) is 35.9 Å². The Morgan fingerprint density at radius 3 is 2.40 bits per heavy atom. The predicted molar refractivity (Wildman–Crippen MR) is 67.0 cm³/mol. The lowest BCUT2D eigenvalue weighted by atomic mass is 10.2. The second-order valence-electron chi connectivity index (χ2n) is 3.29. The Morgan fingerprint density at radius 2 is 1.80 bits per heavy atom. The molecule has 0 saturated carbocycles. The Kier molecular flexibility index (Phi) is 6.16. The number of rotatable bonds is 6. The molecule has 0 aromatic heterocycles. The first-order valence-electron chi connectivity index (χ1n) is 4.78. The first-order valence-corrected chi connectivity index (χ1v) is 6.30. The highest BCUT2D eigenvalue weighted by atomic mass is 127. The molecule has 0 radical (unpaired) electrons. The smallest absolute Gasteiger partial charge is 0.104 e. The number of hydrogen-bond acceptors (Lipinski definition) is 3. The second kappa shape index (κ2) is 7.16. The topological polar surface area (TPSA) is 49.7 Å². The molecule has 0 aliphatic carbocycles. The van der Waals surface area contributed by atoms with Crippen LogP contribution in [-0.2, 0) is 11.3 Å². The summed E-state index contributed by atoms with van der Waals surface area (Å²) in [6, 6.07) is 9.74. The molecule has 84 valence electrons. The summed E-state index contributed by atoms with van der Waals surface area (Å²) in [6.45, 7) is 0.630. The standard InChI is InChI=1S/C11H15IO3/c12-6-10(13)11(14)8-15-7-9-4-2-1-3-5-9/h1-5,10-11,13-14H,6-8H2/t10-,11-/m0/s1. The Bertz CT molecular complexity index is 266.